The number of hydrogen-bond acceptors (Lipinski definition) is 5. The van der Waals surface area contributed by atoms with Gasteiger partial charge in [0.15, 0.2) is 0 Å². The summed E-state index contributed by atoms with van der Waals surface area (Å²) in [5, 5.41) is 0. The lowest BCUT2D eigenvalue weighted by Gasteiger charge is -2.16. The Bertz CT molecular complexity index is 954. The molecule has 0 saturated carbocycles. The monoisotopic (exact) mass is 359 g/mol. The van der Waals surface area contributed by atoms with Gasteiger partial charge in [-0.1, -0.05) is 31.2 Å². The summed E-state index contributed by atoms with van der Waals surface area (Å²) >= 11 is 0. The quantitative estimate of drug-likeness (QED) is 0.847. The van der Waals surface area contributed by atoms with E-state index in [4.69, 9.17) is 9.47 Å². The van der Waals surface area contributed by atoms with Crippen LogP contribution in [0.4, 0.5) is 0 Å². The van der Waals surface area contributed by atoms with E-state index < -0.39 is 16.0 Å². The van der Waals surface area contributed by atoms with Gasteiger partial charge in [0, 0.05) is 23.6 Å². The molecule has 0 spiro atoms. The molecule has 2 aliphatic rings. The molecule has 1 N–H and O–H groups in total. The van der Waals surface area contributed by atoms with E-state index in [-0.39, 0.29) is 30.1 Å². The van der Waals surface area contributed by atoms with Crippen molar-refractivity contribution in [2.45, 2.75) is 30.4 Å². The van der Waals surface area contributed by atoms with E-state index >= 15 is 0 Å². The standard InChI is InChI=1S/C18H17NO5S/c1-11-14-4-2-3-5-16(14)24-17(11)9-19-25(21,22)13-7-6-12-10-23-18(20)15(12)8-13/h2-8,11,17,19H,9-10H2,1H3/t11-,17-/m1/s1. The summed E-state index contributed by atoms with van der Waals surface area (Å²) in [6.07, 6.45) is -0.272. The first-order valence-electron chi connectivity index (χ1n) is 8.01. The third kappa shape index (κ3) is 2.79. The van der Waals surface area contributed by atoms with E-state index in [0.29, 0.717) is 11.1 Å². The van der Waals surface area contributed by atoms with E-state index in [1.807, 2.05) is 31.2 Å². The summed E-state index contributed by atoms with van der Waals surface area (Å²) in [5.74, 6) is 0.392. The Kier molecular flexibility index (Phi) is 3.77. The van der Waals surface area contributed by atoms with Crippen molar-refractivity contribution in [2.24, 2.45) is 0 Å². The molecule has 4 rings (SSSR count). The fourth-order valence-corrected chi connectivity index (χ4v) is 4.25. The molecule has 6 nitrogen and oxygen atoms in total. The van der Waals surface area contributed by atoms with Crippen LogP contribution in [-0.2, 0) is 21.4 Å². The highest BCUT2D eigenvalue weighted by Crippen LogP contribution is 2.37. The van der Waals surface area contributed by atoms with Gasteiger partial charge in [-0.15, -0.1) is 0 Å². The first kappa shape index (κ1) is 16.1. The molecular formula is C18H17NO5S. The van der Waals surface area contributed by atoms with Crippen LogP contribution in [0.2, 0.25) is 0 Å². The van der Waals surface area contributed by atoms with E-state index in [0.717, 1.165) is 11.3 Å². The van der Waals surface area contributed by atoms with Crippen molar-refractivity contribution in [1.29, 1.82) is 0 Å². The second kappa shape index (κ2) is 5.86. The van der Waals surface area contributed by atoms with Crippen LogP contribution >= 0.6 is 0 Å². The van der Waals surface area contributed by atoms with Crippen molar-refractivity contribution in [3.63, 3.8) is 0 Å². The molecule has 2 atom stereocenters. The van der Waals surface area contributed by atoms with E-state index in [1.54, 1.807) is 6.07 Å². The zero-order valence-electron chi connectivity index (χ0n) is 13.6. The lowest BCUT2D eigenvalue weighted by Crippen LogP contribution is -2.35. The number of fused-ring (bicyclic) bond motifs is 2. The number of benzene rings is 2. The molecular weight excluding hydrogens is 342 g/mol. The molecule has 0 radical (unpaired) electrons. The Morgan fingerprint density at radius 3 is 2.80 bits per heavy atom. The zero-order valence-corrected chi connectivity index (χ0v) is 14.4. The Labute approximate surface area is 145 Å². The van der Waals surface area contributed by atoms with Crippen LogP contribution in [0.15, 0.2) is 47.4 Å². The molecule has 0 saturated heterocycles. The molecule has 2 aromatic carbocycles. The zero-order chi connectivity index (χ0) is 17.6. The molecule has 25 heavy (non-hydrogen) atoms. The first-order chi connectivity index (χ1) is 12.0. The predicted molar refractivity (Wildman–Crippen MR) is 90.0 cm³/mol. The van der Waals surface area contributed by atoms with Gasteiger partial charge in [0.05, 0.1) is 10.5 Å². The SMILES string of the molecule is C[C@@H]1c2ccccc2O[C@@H]1CNS(=O)(=O)c1ccc2c(c1)C(=O)OC2. The van der Waals surface area contributed by atoms with Gasteiger partial charge in [-0.05, 0) is 18.2 Å². The number of carbonyl (C=O) groups is 1. The second-order valence-corrected chi connectivity index (χ2v) is 8.00. The first-order valence-corrected chi connectivity index (χ1v) is 9.49. The predicted octanol–water partition coefficient (Wildman–Crippen LogP) is 2.20. The van der Waals surface area contributed by atoms with Crippen molar-refractivity contribution in [3.05, 3.63) is 59.2 Å². The van der Waals surface area contributed by atoms with E-state index in [1.165, 1.54) is 12.1 Å². The molecule has 7 heteroatoms. The van der Waals surface area contributed by atoms with Crippen molar-refractivity contribution in [2.75, 3.05) is 6.54 Å². The number of ether oxygens (including phenoxy) is 2. The molecule has 0 aromatic heterocycles. The highest BCUT2D eigenvalue weighted by atomic mass is 32.2. The molecule has 2 aromatic rings. The minimum atomic E-state index is -3.74. The highest BCUT2D eigenvalue weighted by molar-refractivity contribution is 7.89. The van der Waals surface area contributed by atoms with Crippen molar-refractivity contribution < 1.29 is 22.7 Å². The molecule has 0 bridgehead atoms. The van der Waals surface area contributed by atoms with Crippen molar-refractivity contribution in [3.8, 4) is 5.75 Å². The van der Waals surface area contributed by atoms with E-state index in [2.05, 4.69) is 4.72 Å². The molecule has 0 aliphatic carbocycles. The van der Waals surface area contributed by atoms with Gasteiger partial charge in [-0.3, -0.25) is 0 Å². The Morgan fingerprint density at radius 2 is 2.00 bits per heavy atom. The van der Waals surface area contributed by atoms with Crippen LogP contribution in [-0.4, -0.2) is 27.0 Å². The number of carbonyl (C=O) groups excluding carboxylic acids is 1. The molecule has 0 fully saturated rings. The van der Waals surface area contributed by atoms with Crippen molar-refractivity contribution >= 4 is 16.0 Å². The van der Waals surface area contributed by atoms with Crippen LogP contribution in [0.1, 0.15) is 34.3 Å². The fourth-order valence-electron chi connectivity index (χ4n) is 3.18. The molecule has 2 aliphatic heterocycles. The lowest BCUT2D eigenvalue weighted by atomic mass is 9.98. The molecule has 0 amide bonds. The summed E-state index contributed by atoms with van der Waals surface area (Å²) in [6.45, 7) is 2.35. The average molecular weight is 359 g/mol. The minimum absolute atomic E-state index is 0.0493. The summed E-state index contributed by atoms with van der Waals surface area (Å²) in [4.78, 5) is 11.7. The van der Waals surface area contributed by atoms with E-state index in [9.17, 15) is 13.2 Å². The third-order valence-electron chi connectivity index (χ3n) is 4.69. The topological polar surface area (TPSA) is 81.7 Å². The maximum absolute atomic E-state index is 12.6. The Hall–Kier alpha value is -2.38. The number of rotatable bonds is 4. The molecule has 0 unspecified atom stereocenters. The van der Waals surface area contributed by atoms with Crippen LogP contribution < -0.4 is 9.46 Å². The number of para-hydroxylation sites is 1. The van der Waals surface area contributed by atoms with Gasteiger partial charge in [0.2, 0.25) is 10.0 Å². The van der Waals surface area contributed by atoms with Gasteiger partial charge in [0.25, 0.3) is 0 Å². The minimum Gasteiger partial charge on any atom is -0.488 e. The van der Waals surface area contributed by atoms with Gasteiger partial charge >= 0.3 is 5.97 Å². The fraction of sp³-hybridized carbons (Fsp3) is 0.278. The number of sulfonamides is 1. The maximum atomic E-state index is 12.6. The summed E-state index contributed by atoms with van der Waals surface area (Å²) < 4.78 is 38.4. The number of nitrogens with one attached hydrogen (secondary N) is 1. The highest BCUT2D eigenvalue weighted by Gasteiger charge is 2.32. The Morgan fingerprint density at radius 1 is 1.20 bits per heavy atom. The molecule has 2 heterocycles. The maximum Gasteiger partial charge on any atom is 0.338 e. The van der Waals surface area contributed by atoms with Crippen LogP contribution in [0.25, 0.3) is 0 Å². The second-order valence-electron chi connectivity index (χ2n) is 6.23. The summed E-state index contributed by atoms with van der Waals surface area (Å²) in [5.41, 5.74) is 2.08. The smallest absolute Gasteiger partial charge is 0.338 e. The van der Waals surface area contributed by atoms with Crippen LogP contribution in [0, 0.1) is 0 Å². The average Bonchev–Trinajstić information content (AvgIpc) is 3.14. The van der Waals surface area contributed by atoms with Gasteiger partial charge in [0.1, 0.15) is 18.5 Å². The van der Waals surface area contributed by atoms with Crippen LogP contribution in [0.3, 0.4) is 0 Å². The number of cyclic esters (lactones) is 1. The lowest BCUT2D eigenvalue weighted by molar-refractivity contribution is 0.0535. The summed E-state index contributed by atoms with van der Waals surface area (Å²) in [7, 11) is -3.74. The van der Waals surface area contributed by atoms with Gasteiger partial charge in [-0.25, -0.2) is 17.9 Å². The van der Waals surface area contributed by atoms with Gasteiger partial charge in [-0.2, -0.15) is 0 Å². The number of hydrogen-bond donors (Lipinski definition) is 1. The molecule has 130 valence electrons. The largest absolute Gasteiger partial charge is 0.488 e. The Balaban J connectivity index is 1.50. The van der Waals surface area contributed by atoms with Crippen molar-refractivity contribution in [1.82, 2.24) is 4.72 Å². The van der Waals surface area contributed by atoms with Gasteiger partial charge < -0.3 is 9.47 Å². The summed E-state index contributed by atoms with van der Waals surface area (Å²) in [6, 6.07) is 12.2. The third-order valence-corrected chi connectivity index (χ3v) is 6.11. The number of esters is 1. The normalized spacial score (nSPS) is 21.4. The van der Waals surface area contributed by atoms with Crippen LogP contribution in [0.5, 0.6) is 5.75 Å².